The number of amides is 1. The van der Waals surface area contributed by atoms with E-state index in [4.69, 9.17) is 4.74 Å². The van der Waals surface area contributed by atoms with Crippen molar-refractivity contribution in [3.8, 4) is 0 Å². The van der Waals surface area contributed by atoms with Crippen molar-refractivity contribution in [2.45, 2.75) is 19.3 Å². The van der Waals surface area contributed by atoms with Crippen LogP contribution in [0, 0.1) is 11.7 Å². The van der Waals surface area contributed by atoms with Crippen LogP contribution in [0.3, 0.4) is 0 Å². The van der Waals surface area contributed by atoms with Crippen LogP contribution in [0.2, 0.25) is 0 Å². The lowest BCUT2D eigenvalue weighted by molar-refractivity contribution is -0.158. The number of hydrogen-bond donors (Lipinski definition) is 0. The predicted molar refractivity (Wildman–Crippen MR) is 71.5 cm³/mol. The molecule has 4 nitrogen and oxygen atoms in total. The summed E-state index contributed by atoms with van der Waals surface area (Å²) in [5.74, 6) is -2.15. The number of piperidine rings is 1. The third-order valence-corrected chi connectivity index (χ3v) is 3.66. The van der Waals surface area contributed by atoms with Gasteiger partial charge in [0, 0.05) is 19.5 Å². The Bertz CT molecular complexity index is 500. The summed E-state index contributed by atoms with van der Waals surface area (Å²) in [6.07, 6.45) is 0.664. The molecular formula is C15H18FNO3. The Morgan fingerprint density at radius 2 is 2.05 bits per heavy atom. The van der Waals surface area contributed by atoms with E-state index in [1.807, 2.05) is 0 Å². The highest BCUT2D eigenvalue weighted by atomic mass is 19.1. The number of ether oxygens (including phenoxy) is 1. The van der Waals surface area contributed by atoms with E-state index in [-0.39, 0.29) is 24.2 Å². The summed E-state index contributed by atoms with van der Waals surface area (Å²) in [6, 6.07) is 5.95. The Hall–Kier alpha value is -1.91. The average Bonchev–Trinajstić information content (AvgIpc) is 2.43. The number of esters is 1. The Kier molecular flexibility index (Phi) is 4.37. The minimum atomic E-state index is -0.834. The van der Waals surface area contributed by atoms with Crippen molar-refractivity contribution < 1.29 is 18.7 Å². The summed E-state index contributed by atoms with van der Waals surface area (Å²) in [5, 5.41) is 0. The van der Waals surface area contributed by atoms with Gasteiger partial charge in [0.2, 0.25) is 5.91 Å². The number of benzene rings is 1. The molecular weight excluding hydrogens is 261 g/mol. The highest BCUT2D eigenvalue weighted by molar-refractivity contribution is 5.99. The lowest BCUT2D eigenvalue weighted by Crippen LogP contribution is -2.46. The van der Waals surface area contributed by atoms with Crippen LogP contribution in [-0.4, -0.2) is 37.0 Å². The van der Waals surface area contributed by atoms with E-state index in [2.05, 4.69) is 0 Å². The van der Waals surface area contributed by atoms with Crippen LogP contribution in [0.5, 0.6) is 0 Å². The van der Waals surface area contributed by atoms with Crippen molar-refractivity contribution in [1.29, 1.82) is 0 Å². The van der Waals surface area contributed by atoms with Crippen LogP contribution in [0.1, 0.15) is 24.8 Å². The fourth-order valence-corrected chi connectivity index (χ4v) is 2.59. The van der Waals surface area contributed by atoms with Crippen LogP contribution >= 0.6 is 0 Å². The Balaban J connectivity index is 2.30. The number of nitrogens with zero attached hydrogens (tertiary/aromatic N) is 1. The van der Waals surface area contributed by atoms with Gasteiger partial charge in [-0.05, 0) is 31.0 Å². The summed E-state index contributed by atoms with van der Waals surface area (Å²) in [7, 11) is 1.68. The monoisotopic (exact) mass is 279 g/mol. The summed E-state index contributed by atoms with van der Waals surface area (Å²) < 4.78 is 18.0. The standard InChI is InChI=1S/C15H18FNO3/c1-3-20-15(19)13-12(8-9-17(2)14(13)18)10-4-6-11(16)7-5-10/h4-7,12-13H,3,8-9H2,1-2H3/t12-,13-/m1/s1. The molecule has 1 heterocycles. The number of carbonyl (C=O) groups excluding carboxylic acids is 2. The molecule has 1 aromatic rings. The van der Waals surface area contributed by atoms with Crippen LogP contribution in [0.4, 0.5) is 4.39 Å². The zero-order chi connectivity index (χ0) is 14.7. The first-order valence-electron chi connectivity index (χ1n) is 6.71. The van der Waals surface area contributed by atoms with E-state index >= 15 is 0 Å². The zero-order valence-corrected chi connectivity index (χ0v) is 11.6. The molecule has 0 N–H and O–H groups in total. The minimum absolute atomic E-state index is 0.232. The van der Waals surface area contributed by atoms with E-state index in [0.717, 1.165) is 5.56 Å². The van der Waals surface area contributed by atoms with E-state index in [1.165, 1.54) is 12.1 Å². The van der Waals surface area contributed by atoms with Gasteiger partial charge in [-0.25, -0.2) is 4.39 Å². The molecule has 0 unspecified atom stereocenters. The molecule has 1 amide bonds. The highest BCUT2D eigenvalue weighted by Gasteiger charge is 2.41. The minimum Gasteiger partial charge on any atom is -0.465 e. The first-order valence-corrected chi connectivity index (χ1v) is 6.71. The maximum Gasteiger partial charge on any atom is 0.319 e. The third-order valence-electron chi connectivity index (χ3n) is 3.66. The molecule has 0 bridgehead atoms. The van der Waals surface area contributed by atoms with E-state index < -0.39 is 11.9 Å². The van der Waals surface area contributed by atoms with Gasteiger partial charge in [-0.1, -0.05) is 12.1 Å². The number of likely N-dealkylation sites (tertiary alicyclic amines) is 1. The average molecular weight is 279 g/mol. The third kappa shape index (κ3) is 2.81. The van der Waals surface area contributed by atoms with E-state index in [0.29, 0.717) is 13.0 Å². The van der Waals surface area contributed by atoms with E-state index in [9.17, 15) is 14.0 Å². The van der Waals surface area contributed by atoms with Crippen molar-refractivity contribution >= 4 is 11.9 Å². The van der Waals surface area contributed by atoms with Crippen LogP contribution in [-0.2, 0) is 14.3 Å². The van der Waals surface area contributed by atoms with Gasteiger partial charge in [-0.3, -0.25) is 9.59 Å². The van der Waals surface area contributed by atoms with Crippen molar-refractivity contribution in [1.82, 2.24) is 4.90 Å². The summed E-state index contributed by atoms with van der Waals surface area (Å²) in [6.45, 7) is 2.53. The van der Waals surface area contributed by atoms with Gasteiger partial charge in [0.25, 0.3) is 0 Å². The molecule has 1 saturated heterocycles. The van der Waals surface area contributed by atoms with Gasteiger partial charge in [0.05, 0.1) is 6.61 Å². The van der Waals surface area contributed by atoms with Crippen molar-refractivity contribution in [2.24, 2.45) is 5.92 Å². The molecule has 108 valence electrons. The second-order valence-corrected chi connectivity index (χ2v) is 4.94. The second kappa shape index (κ2) is 6.03. The number of halogens is 1. The second-order valence-electron chi connectivity index (χ2n) is 4.94. The van der Waals surface area contributed by atoms with E-state index in [1.54, 1.807) is 31.0 Å². The van der Waals surface area contributed by atoms with Crippen molar-refractivity contribution in [3.63, 3.8) is 0 Å². The molecule has 1 aliphatic rings. The molecule has 1 aromatic carbocycles. The van der Waals surface area contributed by atoms with Crippen LogP contribution in [0.25, 0.3) is 0 Å². The van der Waals surface area contributed by atoms with Gasteiger partial charge < -0.3 is 9.64 Å². The smallest absolute Gasteiger partial charge is 0.319 e. The quantitative estimate of drug-likeness (QED) is 0.627. The Labute approximate surface area is 117 Å². The maximum atomic E-state index is 13.0. The molecule has 0 radical (unpaired) electrons. The van der Waals surface area contributed by atoms with Crippen molar-refractivity contribution in [2.75, 3.05) is 20.2 Å². The molecule has 2 atom stereocenters. The van der Waals surface area contributed by atoms with Crippen LogP contribution in [0.15, 0.2) is 24.3 Å². The highest BCUT2D eigenvalue weighted by Crippen LogP contribution is 2.34. The lowest BCUT2D eigenvalue weighted by Gasteiger charge is -2.34. The molecule has 0 aromatic heterocycles. The SMILES string of the molecule is CCOC(=O)[C@H]1C(=O)N(C)CC[C@@H]1c1ccc(F)cc1. The van der Waals surface area contributed by atoms with Gasteiger partial charge in [0.1, 0.15) is 11.7 Å². The molecule has 20 heavy (non-hydrogen) atoms. The number of rotatable bonds is 3. The largest absolute Gasteiger partial charge is 0.465 e. The molecule has 1 fully saturated rings. The Morgan fingerprint density at radius 3 is 2.65 bits per heavy atom. The Morgan fingerprint density at radius 1 is 1.40 bits per heavy atom. The van der Waals surface area contributed by atoms with Gasteiger partial charge in [-0.2, -0.15) is 0 Å². The molecule has 0 aliphatic carbocycles. The predicted octanol–water partition coefficient (Wildman–Crippen LogP) is 1.95. The summed E-state index contributed by atoms with van der Waals surface area (Å²) >= 11 is 0. The van der Waals surface area contributed by atoms with Gasteiger partial charge in [0.15, 0.2) is 0 Å². The first kappa shape index (κ1) is 14.5. The number of carbonyl (C=O) groups is 2. The molecule has 0 saturated carbocycles. The summed E-state index contributed by atoms with van der Waals surface area (Å²) in [4.78, 5) is 25.8. The number of hydrogen-bond acceptors (Lipinski definition) is 3. The maximum absolute atomic E-state index is 13.0. The van der Waals surface area contributed by atoms with Crippen molar-refractivity contribution in [3.05, 3.63) is 35.6 Å². The lowest BCUT2D eigenvalue weighted by atomic mass is 9.80. The van der Waals surface area contributed by atoms with Crippen LogP contribution < -0.4 is 0 Å². The molecule has 2 rings (SSSR count). The summed E-state index contributed by atoms with van der Waals surface area (Å²) in [5.41, 5.74) is 0.797. The van der Waals surface area contributed by atoms with Gasteiger partial charge >= 0.3 is 5.97 Å². The molecule has 0 spiro atoms. The normalized spacial score (nSPS) is 22.8. The molecule has 1 aliphatic heterocycles. The van der Waals surface area contributed by atoms with Gasteiger partial charge in [-0.15, -0.1) is 0 Å². The zero-order valence-electron chi connectivity index (χ0n) is 11.6. The molecule has 5 heteroatoms. The first-order chi connectivity index (χ1) is 9.54. The fourth-order valence-electron chi connectivity index (χ4n) is 2.59. The topological polar surface area (TPSA) is 46.6 Å². The fraction of sp³-hybridized carbons (Fsp3) is 0.467.